The van der Waals surface area contributed by atoms with Crippen molar-refractivity contribution >= 4 is 11.6 Å². The number of hydrazone groups is 1. The summed E-state index contributed by atoms with van der Waals surface area (Å²) in [5, 5.41) is 4.42. The second-order valence-corrected chi connectivity index (χ2v) is 6.85. The van der Waals surface area contributed by atoms with E-state index in [-0.39, 0.29) is 11.8 Å². The predicted molar refractivity (Wildman–Crippen MR) is 76.8 cm³/mol. The maximum atomic E-state index is 12.1. The fraction of sp³-hybridized carbons (Fsp3) is 0.875. The number of rotatable bonds is 3. The molecule has 3 aliphatic rings. The summed E-state index contributed by atoms with van der Waals surface area (Å²) in [6, 6.07) is 0. The molecule has 106 valence electrons. The van der Waals surface area contributed by atoms with E-state index < -0.39 is 0 Å². The molecule has 0 aromatic carbocycles. The van der Waals surface area contributed by atoms with Crippen LogP contribution in [0.1, 0.15) is 64.7 Å². The molecule has 3 saturated carbocycles. The third-order valence-corrected chi connectivity index (χ3v) is 5.59. The average Bonchev–Trinajstić information content (AvgIpc) is 3.08. The number of nitrogens with zero attached hydrogens (tertiary/aromatic N) is 1. The molecule has 0 saturated heterocycles. The summed E-state index contributed by atoms with van der Waals surface area (Å²) in [7, 11) is 0. The first-order chi connectivity index (χ1) is 9.24. The molecule has 3 fully saturated rings. The highest BCUT2D eigenvalue weighted by molar-refractivity contribution is 5.87. The number of hydrogen-bond donors (Lipinski definition) is 1. The molecule has 1 amide bonds. The number of carbonyl (C=O) groups is 1. The summed E-state index contributed by atoms with van der Waals surface area (Å²) in [6.07, 6.45) is 11.3. The van der Waals surface area contributed by atoms with Crippen LogP contribution in [-0.4, -0.2) is 11.6 Å². The summed E-state index contributed by atoms with van der Waals surface area (Å²) in [5.74, 6) is 2.80. The van der Waals surface area contributed by atoms with Crippen molar-refractivity contribution in [3.63, 3.8) is 0 Å². The molecule has 0 aromatic rings. The van der Waals surface area contributed by atoms with Crippen LogP contribution in [0.25, 0.3) is 0 Å². The molecule has 1 N–H and O–H groups in total. The van der Waals surface area contributed by atoms with Crippen LogP contribution >= 0.6 is 0 Å². The zero-order valence-electron chi connectivity index (χ0n) is 12.0. The lowest BCUT2D eigenvalue weighted by molar-refractivity contribution is -0.125. The van der Waals surface area contributed by atoms with Crippen LogP contribution in [-0.2, 0) is 4.79 Å². The van der Waals surface area contributed by atoms with Gasteiger partial charge in [-0.25, -0.2) is 5.43 Å². The Balaban J connectivity index is 1.52. The first-order valence-electron chi connectivity index (χ1n) is 8.08. The van der Waals surface area contributed by atoms with E-state index in [1.54, 1.807) is 0 Å². The van der Waals surface area contributed by atoms with Crippen molar-refractivity contribution in [2.45, 2.75) is 64.7 Å². The van der Waals surface area contributed by atoms with E-state index >= 15 is 0 Å². The monoisotopic (exact) mass is 262 g/mol. The Morgan fingerprint density at radius 3 is 2.47 bits per heavy atom. The molecule has 2 bridgehead atoms. The Hall–Kier alpha value is -0.860. The molecule has 0 spiro atoms. The van der Waals surface area contributed by atoms with Gasteiger partial charge in [0.2, 0.25) is 5.91 Å². The lowest BCUT2D eigenvalue weighted by Gasteiger charge is -2.22. The highest BCUT2D eigenvalue weighted by Gasteiger charge is 2.40. The maximum Gasteiger partial charge on any atom is 0.243 e. The minimum atomic E-state index is 0.155. The van der Waals surface area contributed by atoms with Gasteiger partial charge >= 0.3 is 0 Å². The van der Waals surface area contributed by atoms with E-state index in [0.717, 1.165) is 30.4 Å². The summed E-state index contributed by atoms with van der Waals surface area (Å²) in [6.45, 7) is 2.10. The van der Waals surface area contributed by atoms with Crippen molar-refractivity contribution in [3.8, 4) is 0 Å². The quantitative estimate of drug-likeness (QED) is 0.614. The first-order valence-corrected chi connectivity index (χ1v) is 8.08. The molecule has 0 radical (unpaired) electrons. The molecule has 3 nitrogen and oxygen atoms in total. The van der Waals surface area contributed by atoms with E-state index in [9.17, 15) is 4.79 Å². The van der Waals surface area contributed by atoms with Crippen molar-refractivity contribution in [2.75, 3.05) is 0 Å². The average molecular weight is 262 g/mol. The Labute approximate surface area is 116 Å². The van der Waals surface area contributed by atoms with Crippen LogP contribution in [0.15, 0.2) is 5.10 Å². The normalized spacial score (nSPS) is 35.6. The van der Waals surface area contributed by atoms with Crippen molar-refractivity contribution in [3.05, 3.63) is 0 Å². The highest BCUT2D eigenvalue weighted by Crippen LogP contribution is 2.48. The molecule has 0 aromatic heterocycles. The smallest absolute Gasteiger partial charge is 0.243 e. The highest BCUT2D eigenvalue weighted by atomic mass is 16.2. The SMILES string of the molecule is C/C(=N/NC(=O)C1CCCCC1)[C@H]1C[C@H]2CC[C@H]1C2. The van der Waals surface area contributed by atoms with Gasteiger partial charge in [-0.1, -0.05) is 25.7 Å². The zero-order valence-corrected chi connectivity index (χ0v) is 12.0. The van der Waals surface area contributed by atoms with Gasteiger partial charge in [0, 0.05) is 17.5 Å². The Morgan fingerprint density at radius 2 is 1.84 bits per heavy atom. The van der Waals surface area contributed by atoms with Gasteiger partial charge in [0.25, 0.3) is 0 Å². The first kappa shape index (κ1) is 13.1. The van der Waals surface area contributed by atoms with Gasteiger partial charge in [0.1, 0.15) is 0 Å². The van der Waals surface area contributed by atoms with E-state index in [1.807, 2.05) is 0 Å². The van der Waals surface area contributed by atoms with Gasteiger partial charge in [-0.3, -0.25) is 4.79 Å². The Bertz CT molecular complexity index is 371. The topological polar surface area (TPSA) is 41.5 Å². The fourth-order valence-electron chi connectivity index (χ4n) is 4.44. The largest absolute Gasteiger partial charge is 0.273 e. The van der Waals surface area contributed by atoms with Gasteiger partial charge in [0.05, 0.1) is 0 Å². The molecule has 3 aliphatic carbocycles. The molecule has 0 aliphatic heterocycles. The summed E-state index contributed by atoms with van der Waals surface area (Å²) in [4.78, 5) is 12.1. The summed E-state index contributed by atoms with van der Waals surface area (Å²) in [5.41, 5.74) is 4.00. The minimum absolute atomic E-state index is 0.155. The summed E-state index contributed by atoms with van der Waals surface area (Å²) < 4.78 is 0. The molecule has 3 heteroatoms. The molecule has 3 rings (SSSR count). The van der Waals surface area contributed by atoms with Gasteiger partial charge in [-0.2, -0.15) is 5.10 Å². The standard InChI is InChI=1S/C16H26N2O/c1-11(15-10-12-7-8-14(15)9-12)17-18-16(19)13-5-3-2-4-6-13/h12-15H,2-10H2,1H3,(H,18,19)/b17-11-/t12-,14-,15+/m0/s1. The van der Waals surface area contributed by atoms with Crippen LogP contribution in [0, 0.1) is 23.7 Å². The minimum Gasteiger partial charge on any atom is -0.273 e. The van der Waals surface area contributed by atoms with Crippen LogP contribution in [0.5, 0.6) is 0 Å². The lowest BCUT2D eigenvalue weighted by Crippen LogP contribution is -2.30. The lowest BCUT2D eigenvalue weighted by atomic mass is 9.86. The van der Waals surface area contributed by atoms with Crippen molar-refractivity contribution in [1.29, 1.82) is 0 Å². The Kier molecular flexibility index (Phi) is 3.90. The molecule has 0 unspecified atom stereocenters. The van der Waals surface area contributed by atoms with Crippen molar-refractivity contribution in [1.82, 2.24) is 5.43 Å². The van der Waals surface area contributed by atoms with E-state index in [4.69, 9.17) is 0 Å². The number of fused-ring (bicyclic) bond motifs is 2. The van der Waals surface area contributed by atoms with Gasteiger partial charge < -0.3 is 0 Å². The third kappa shape index (κ3) is 2.85. The number of carbonyl (C=O) groups excluding carboxylic acids is 1. The van der Waals surface area contributed by atoms with E-state index in [1.165, 1.54) is 44.9 Å². The maximum absolute atomic E-state index is 12.1. The molecule has 19 heavy (non-hydrogen) atoms. The van der Waals surface area contributed by atoms with Gasteiger partial charge in [-0.15, -0.1) is 0 Å². The van der Waals surface area contributed by atoms with Crippen LogP contribution in [0.4, 0.5) is 0 Å². The molecular weight excluding hydrogens is 236 g/mol. The Morgan fingerprint density at radius 1 is 1.05 bits per heavy atom. The second-order valence-electron chi connectivity index (χ2n) is 6.85. The molecule has 3 atom stereocenters. The third-order valence-electron chi connectivity index (χ3n) is 5.59. The van der Waals surface area contributed by atoms with Crippen LogP contribution in [0.2, 0.25) is 0 Å². The van der Waals surface area contributed by atoms with E-state index in [2.05, 4.69) is 17.5 Å². The van der Waals surface area contributed by atoms with Crippen LogP contribution in [0.3, 0.4) is 0 Å². The molecular formula is C16H26N2O. The molecule has 0 heterocycles. The number of amides is 1. The van der Waals surface area contributed by atoms with Crippen LogP contribution < -0.4 is 5.43 Å². The van der Waals surface area contributed by atoms with Crippen molar-refractivity contribution < 1.29 is 4.79 Å². The van der Waals surface area contributed by atoms with E-state index in [0.29, 0.717) is 5.92 Å². The summed E-state index contributed by atoms with van der Waals surface area (Å²) >= 11 is 0. The number of hydrogen-bond acceptors (Lipinski definition) is 2. The van der Waals surface area contributed by atoms with Crippen molar-refractivity contribution in [2.24, 2.45) is 28.8 Å². The van der Waals surface area contributed by atoms with Gasteiger partial charge in [-0.05, 0) is 50.9 Å². The second kappa shape index (κ2) is 5.64. The predicted octanol–water partition coefficient (Wildman–Crippen LogP) is 3.50. The van der Waals surface area contributed by atoms with Gasteiger partial charge in [0.15, 0.2) is 0 Å². The number of nitrogens with one attached hydrogen (secondary N) is 1. The fourth-order valence-corrected chi connectivity index (χ4v) is 4.44. The zero-order chi connectivity index (χ0) is 13.2.